The third kappa shape index (κ3) is 5.65. The highest BCUT2D eigenvalue weighted by molar-refractivity contribution is 6.34. The molecular formula is C13H10Cl4. The van der Waals surface area contributed by atoms with Crippen molar-refractivity contribution in [2.75, 3.05) is 0 Å². The van der Waals surface area contributed by atoms with Gasteiger partial charge in [-0.2, -0.15) is 0 Å². The van der Waals surface area contributed by atoms with E-state index in [-0.39, 0.29) is 0 Å². The van der Waals surface area contributed by atoms with Crippen LogP contribution in [0.5, 0.6) is 0 Å². The lowest BCUT2D eigenvalue weighted by Gasteiger charge is -1.94. The van der Waals surface area contributed by atoms with Crippen molar-refractivity contribution in [2.45, 2.75) is 6.92 Å². The zero-order chi connectivity index (χ0) is 12.8. The first-order valence-corrected chi connectivity index (χ1v) is 6.33. The molecule has 0 aliphatic heterocycles. The monoisotopic (exact) mass is 306 g/mol. The van der Waals surface area contributed by atoms with Gasteiger partial charge in [-0.05, 0) is 48.9 Å². The predicted octanol–water partition coefficient (Wildman–Crippen LogP) is 6.30. The average molecular weight is 308 g/mol. The molecular weight excluding hydrogens is 298 g/mol. The van der Waals surface area contributed by atoms with Crippen molar-refractivity contribution in [3.63, 3.8) is 0 Å². The highest BCUT2D eigenvalue weighted by Crippen LogP contribution is 2.18. The van der Waals surface area contributed by atoms with Crippen molar-refractivity contribution in [3.8, 4) is 0 Å². The molecule has 0 amide bonds. The number of rotatable bonds is 0. The van der Waals surface area contributed by atoms with E-state index in [0.717, 1.165) is 15.6 Å². The molecule has 0 fully saturated rings. The maximum Gasteiger partial charge on any atom is 0.0436 e. The molecule has 0 radical (unpaired) electrons. The van der Waals surface area contributed by atoms with Crippen LogP contribution in [0.4, 0.5) is 0 Å². The Hall–Kier alpha value is -0.400. The van der Waals surface area contributed by atoms with Gasteiger partial charge in [0.05, 0.1) is 0 Å². The molecule has 2 aromatic rings. The SMILES string of the molecule is Cc1cc(Cl)ccc1Cl.Clc1cccc(Cl)c1. The molecule has 0 unspecified atom stereocenters. The molecule has 0 aromatic heterocycles. The lowest BCUT2D eigenvalue weighted by molar-refractivity contribution is 1.47. The topological polar surface area (TPSA) is 0 Å². The van der Waals surface area contributed by atoms with Crippen molar-refractivity contribution in [1.29, 1.82) is 0 Å². The van der Waals surface area contributed by atoms with Crippen molar-refractivity contribution in [1.82, 2.24) is 0 Å². The fourth-order valence-corrected chi connectivity index (χ4v) is 1.85. The smallest absolute Gasteiger partial charge is 0.0436 e. The summed E-state index contributed by atoms with van der Waals surface area (Å²) < 4.78 is 0. The van der Waals surface area contributed by atoms with Gasteiger partial charge < -0.3 is 0 Å². The van der Waals surface area contributed by atoms with Gasteiger partial charge in [-0.25, -0.2) is 0 Å². The fourth-order valence-electron chi connectivity index (χ4n) is 1.07. The fraction of sp³-hybridized carbons (Fsp3) is 0.0769. The van der Waals surface area contributed by atoms with Crippen LogP contribution in [-0.2, 0) is 0 Å². The van der Waals surface area contributed by atoms with Crippen LogP contribution in [0.15, 0.2) is 42.5 Å². The first kappa shape index (κ1) is 14.7. The molecule has 4 heteroatoms. The summed E-state index contributed by atoms with van der Waals surface area (Å²) in [5.74, 6) is 0. The number of halogens is 4. The molecule has 0 heterocycles. The Morgan fingerprint density at radius 3 is 1.59 bits per heavy atom. The van der Waals surface area contributed by atoms with Crippen molar-refractivity contribution in [2.24, 2.45) is 0 Å². The summed E-state index contributed by atoms with van der Waals surface area (Å²) in [6.45, 7) is 1.92. The van der Waals surface area contributed by atoms with Crippen LogP contribution in [0.3, 0.4) is 0 Å². The first-order valence-electron chi connectivity index (χ1n) is 4.82. The van der Waals surface area contributed by atoms with Crippen LogP contribution in [0.1, 0.15) is 5.56 Å². The van der Waals surface area contributed by atoms with Crippen LogP contribution in [-0.4, -0.2) is 0 Å². The highest BCUT2D eigenvalue weighted by Gasteiger charge is 1.92. The van der Waals surface area contributed by atoms with Gasteiger partial charge in [-0.1, -0.05) is 52.5 Å². The molecule has 17 heavy (non-hydrogen) atoms. The van der Waals surface area contributed by atoms with Gasteiger partial charge >= 0.3 is 0 Å². The zero-order valence-electron chi connectivity index (χ0n) is 9.05. The van der Waals surface area contributed by atoms with Crippen molar-refractivity contribution < 1.29 is 0 Å². The number of hydrogen-bond acceptors (Lipinski definition) is 0. The molecule has 0 atom stereocenters. The minimum absolute atomic E-state index is 0.678. The van der Waals surface area contributed by atoms with Crippen molar-refractivity contribution in [3.05, 3.63) is 68.1 Å². The van der Waals surface area contributed by atoms with Gasteiger partial charge in [0.2, 0.25) is 0 Å². The minimum atomic E-state index is 0.678. The van der Waals surface area contributed by atoms with Crippen LogP contribution in [0.2, 0.25) is 20.1 Å². The molecule has 2 aromatic carbocycles. The Bertz CT molecular complexity index is 477. The van der Waals surface area contributed by atoms with Crippen molar-refractivity contribution >= 4 is 46.4 Å². The molecule has 0 aliphatic carbocycles. The molecule has 2 rings (SSSR count). The molecule has 0 aliphatic rings. The normalized spacial score (nSPS) is 9.47. The first-order chi connectivity index (χ1) is 7.99. The molecule has 0 N–H and O–H groups in total. The second-order valence-corrected chi connectivity index (χ2v) is 5.05. The van der Waals surface area contributed by atoms with E-state index >= 15 is 0 Å². The van der Waals surface area contributed by atoms with E-state index in [1.807, 2.05) is 19.1 Å². The Kier molecular flexibility index (Phi) is 6.15. The Balaban J connectivity index is 0.000000171. The molecule has 90 valence electrons. The van der Waals surface area contributed by atoms with E-state index in [0.29, 0.717) is 10.0 Å². The van der Waals surface area contributed by atoms with E-state index in [9.17, 15) is 0 Å². The average Bonchev–Trinajstić information content (AvgIpc) is 2.24. The van der Waals surface area contributed by atoms with Crippen LogP contribution < -0.4 is 0 Å². The number of benzene rings is 2. The van der Waals surface area contributed by atoms with Crippen LogP contribution in [0, 0.1) is 6.92 Å². The second-order valence-electron chi connectivity index (χ2n) is 3.33. The third-order valence-electron chi connectivity index (χ3n) is 1.91. The van der Waals surface area contributed by atoms with Crippen LogP contribution in [0.25, 0.3) is 0 Å². The van der Waals surface area contributed by atoms with Gasteiger partial charge in [0.1, 0.15) is 0 Å². The second kappa shape index (κ2) is 7.13. The van der Waals surface area contributed by atoms with Gasteiger partial charge in [-0.3, -0.25) is 0 Å². The molecule has 0 saturated heterocycles. The molecule has 0 spiro atoms. The largest absolute Gasteiger partial charge is 0.0843 e. The minimum Gasteiger partial charge on any atom is -0.0843 e. The summed E-state index contributed by atoms with van der Waals surface area (Å²) in [7, 11) is 0. The standard InChI is InChI=1S/C7H6Cl2.C6H4Cl2/c1-5-4-6(8)2-3-7(5)9;7-5-2-1-3-6(8)4-5/h2-4H,1H3;1-4H. The maximum absolute atomic E-state index is 5.72. The lowest BCUT2D eigenvalue weighted by Crippen LogP contribution is -1.72. The van der Waals surface area contributed by atoms with E-state index in [2.05, 4.69) is 0 Å². The predicted molar refractivity (Wildman–Crippen MR) is 77.7 cm³/mol. The van der Waals surface area contributed by atoms with Gasteiger partial charge in [0.25, 0.3) is 0 Å². The Morgan fingerprint density at radius 2 is 1.24 bits per heavy atom. The highest BCUT2D eigenvalue weighted by atomic mass is 35.5. The Morgan fingerprint density at radius 1 is 0.706 bits per heavy atom. The number of hydrogen-bond donors (Lipinski definition) is 0. The summed E-state index contributed by atoms with van der Waals surface area (Å²) in [5.41, 5.74) is 1.02. The Labute approximate surface area is 121 Å². The third-order valence-corrected chi connectivity index (χ3v) is 3.04. The van der Waals surface area contributed by atoms with Gasteiger partial charge in [0, 0.05) is 20.1 Å². The van der Waals surface area contributed by atoms with Crippen LogP contribution >= 0.6 is 46.4 Å². The summed E-state index contributed by atoms with van der Waals surface area (Å²) >= 11 is 22.5. The summed E-state index contributed by atoms with van der Waals surface area (Å²) in [6.07, 6.45) is 0. The summed E-state index contributed by atoms with van der Waals surface area (Å²) in [6, 6.07) is 12.5. The number of aryl methyl sites for hydroxylation is 1. The van der Waals surface area contributed by atoms with Gasteiger partial charge in [-0.15, -0.1) is 0 Å². The summed E-state index contributed by atoms with van der Waals surface area (Å²) in [4.78, 5) is 0. The molecule has 0 nitrogen and oxygen atoms in total. The zero-order valence-corrected chi connectivity index (χ0v) is 12.1. The molecule has 0 bridgehead atoms. The molecule has 0 saturated carbocycles. The van der Waals surface area contributed by atoms with E-state index in [1.165, 1.54) is 0 Å². The lowest BCUT2D eigenvalue weighted by atomic mass is 10.2. The van der Waals surface area contributed by atoms with E-state index < -0.39 is 0 Å². The maximum atomic E-state index is 5.72. The van der Waals surface area contributed by atoms with Gasteiger partial charge in [0.15, 0.2) is 0 Å². The summed E-state index contributed by atoms with van der Waals surface area (Å²) in [5, 5.41) is 2.85. The van der Waals surface area contributed by atoms with E-state index in [1.54, 1.807) is 30.3 Å². The van der Waals surface area contributed by atoms with E-state index in [4.69, 9.17) is 46.4 Å². The quantitative estimate of drug-likeness (QED) is 0.536.